The maximum absolute atomic E-state index is 12.2. The second-order valence-corrected chi connectivity index (χ2v) is 6.99. The highest BCUT2D eigenvalue weighted by Crippen LogP contribution is 2.16. The Bertz CT molecular complexity index is 732. The van der Waals surface area contributed by atoms with Crippen molar-refractivity contribution in [2.45, 2.75) is 18.7 Å². The van der Waals surface area contributed by atoms with Crippen molar-refractivity contribution >= 4 is 31.7 Å². The fourth-order valence-corrected chi connectivity index (χ4v) is 3.00. The van der Waals surface area contributed by atoms with Gasteiger partial charge in [0.25, 0.3) is 10.0 Å². The number of hydrogen-bond donors (Lipinski definition) is 0. The van der Waals surface area contributed by atoms with E-state index in [1.54, 1.807) is 31.2 Å². The van der Waals surface area contributed by atoms with Gasteiger partial charge in [0.15, 0.2) is 0 Å². The molecule has 3 nitrogen and oxygen atoms in total. The van der Waals surface area contributed by atoms with Crippen LogP contribution < -0.4 is 0 Å². The van der Waals surface area contributed by atoms with Gasteiger partial charge in [-0.05, 0) is 43.7 Å². The number of halogens is 1. The van der Waals surface area contributed by atoms with E-state index in [0.29, 0.717) is 5.71 Å². The molecule has 0 N–H and O–H groups in total. The number of benzene rings is 2. The van der Waals surface area contributed by atoms with Gasteiger partial charge in [-0.25, -0.2) is 0 Å². The van der Waals surface area contributed by atoms with Crippen LogP contribution in [0.4, 0.5) is 0 Å². The van der Waals surface area contributed by atoms with Crippen LogP contribution in [0.2, 0.25) is 0 Å². The molecule has 0 aliphatic heterocycles. The molecular weight excluding hydrogens is 338 g/mol. The van der Waals surface area contributed by atoms with Gasteiger partial charge in [-0.15, -0.1) is 0 Å². The lowest BCUT2D eigenvalue weighted by Gasteiger charge is -2.03. The average molecular weight is 352 g/mol. The van der Waals surface area contributed by atoms with Gasteiger partial charge >= 0.3 is 0 Å². The van der Waals surface area contributed by atoms with Gasteiger partial charge in [0, 0.05) is 4.47 Å². The first kappa shape index (κ1) is 14.9. The summed E-state index contributed by atoms with van der Waals surface area (Å²) in [6.07, 6.45) is 0. The molecule has 0 aromatic heterocycles. The zero-order valence-corrected chi connectivity index (χ0v) is 13.6. The lowest BCUT2D eigenvalue weighted by molar-refractivity contribution is 0.598. The van der Waals surface area contributed by atoms with Crippen molar-refractivity contribution in [2.75, 3.05) is 0 Å². The van der Waals surface area contributed by atoms with E-state index >= 15 is 0 Å². The van der Waals surface area contributed by atoms with E-state index in [1.807, 2.05) is 31.2 Å². The molecule has 104 valence electrons. The summed E-state index contributed by atoms with van der Waals surface area (Å²) >= 11 is 3.34. The van der Waals surface area contributed by atoms with Gasteiger partial charge in [0.05, 0.1) is 10.6 Å². The monoisotopic (exact) mass is 351 g/mol. The third-order valence-electron chi connectivity index (χ3n) is 2.84. The number of nitrogens with zero attached hydrogens (tertiary/aromatic N) is 1. The highest BCUT2D eigenvalue weighted by Gasteiger charge is 2.13. The molecule has 0 saturated carbocycles. The van der Waals surface area contributed by atoms with Crippen LogP contribution in [0.5, 0.6) is 0 Å². The topological polar surface area (TPSA) is 46.5 Å². The Hall–Kier alpha value is -1.46. The van der Waals surface area contributed by atoms with Gasteiger partial charge < -0.3 is 0 Å². The Kier molecular flexibility index (Phi) is 4.40. The molecule has 0 saturated heterocycles. The van der Waals surface area contributed by atoms with Crippen LogP contribution in [0.3, 0.4) is 0 Å². The molecule has 0 atom stereocenters. The fraction of sp³-hybridized carbons (Fsp3) is 0.133. The standard InChI is InChI=1S/C15H14BrNO2S/c1-11-3-9-15(10-4-11)20(18,19)17-12(2)13-5-7-14(16)8-6-13/h3-10H,1-2H3/b17-12-. The fourth-order valence-electron chi connectivity index (χ4n) is 1.69. The zero-order chi connectivity index (χ0) is 14.8. The molecule has 0 aliphatic carbocycles. The minimum atomic E-state index is -3.66. The smallest absolute Gasteiger partial charge is 0.199 e. The van der Waals surface area contributed by atoms with Crippen LogP contribution in [0.15, 0.2) is 62.3 Å². The molecule has 0 fully saturated rings. The third kappa shape index (κ3) is 3.55. The highest BCUT2D eigenvalue weighted by molar-refractivity contribution is 9.10. The van der Waals surface area contributed by atoms with Crippen LogP contribution in [0.25, 0.3) is 0 Å². The molecule has 2 aromatic rings. The lowest BCUT2D eigenvalue weighted by atomic mass is 10.1. The van der Waals surface area contributed by atoms with E-state index in [9.17, 15) is 8.42 Å². The quantitative estimate of drug-likeness (QED) is 0.785. The van der Waals surface area contributed by atoms with E-state index in [0.717, 1.165) is 15.6 Å². The first-order chi connectivity index (χ1) is 9.38. The highest BCUT2D eigenvalue weighted by atomic mass is 79.9. The minimum absolute atomic E-state index is 0.208. The van der Waals surface area contributed by atoms with E-state index in [2.05, 4.69) is 20.3 Å². The molecule has 20 heavy (non-hydrogen) atoms. The van der Waals surface area contributed by atoms with Gasteiger partial charge in [-0.3, -0.25) is 0 Å². The summed E-state index contributed by atoms with van der Waals surface area (Å²) in [5.74, 6) is 0. The Labute approximate surface area is 127 Å². The maximum Gasteiger partial charge on any atom is 0.282 e. The normalized spacial score (nSPS) is 12.4. The summed E-state index contributed by atoms with van der Waals surface area (Å²) in [5.41, 5.74) is 2.26. The van der Waals surface area contributed by atoms with Crippen LogP contribution in [0.1, 0.15) is 18.1 Å². The van der Waals surface area contributed by atoms with Gasteiger partial charge in [-0.1, -0.05) is 45.8 Å². The Balaban J connectivity index is 2.37. The summed E-state index contributed by atoms with van der Waals surface area (Å²) in [6, 6.07) is 14.0. The molecule has 2 rings (SSSR count). The van der Waals surface area contributed by atoms with E-state index in [-0.39, 0.29) is 4.90 Å². The largest absolute Gasteiger partial charge is 0.282 e. The van der Waals surface area contributed by atoms with E-state index < -0.39 is 10.0 Å². The molecule has 0 unspecified atom stereocenters. The average Bonchev–Trinajstić information content (AvgIpc) is 2.39. The van der Waals surface area contributed by atoms with Crippen LogP contribution in [-0.4, -0.2) is 14.1 Å². The number of hydrogen-bond acceptors (Lipinski definition) is 2. The van der Waals surface area contributed by atoms with Gasteiger partial charge in [0.1, 0.15) is 0 Å². The first-order valence-electron chi connectivity index (χ1n) is 6.03. The molecule has 2 aromatic carbocycles. The molecule has 0 aliphatic rings. The first-order valence-corrected chi connectivity index (χ1v) is 8.26. The summed E-state index contributed by atoms with van der Waals surface area (Å²) in [4.78, 5) is 0.208. The molecular formula is C15H14BrNO2S. The van der Waals surface area contributed by atoms with Crippen molar-refractivity contribution < 1.29 is 8.42 Å². The van der Waals surface area contributed by atoms with E-state index in [1.165, 1.54) is 0 Å². The summed E-state index contributed by atoms with van der Waals surface area (Å²) in [6.45, 7) is 3.60. The molecule has 0 spiro atoms. The summed E-state index contributed by atoms with van der Waals surface area (Å²) in [5, 5.41) is 0. The molecule has 0 amide bonds. The summed E-state index contributed by atoms with van der Waals surface area (Å²) < 4.78 is 29.2. The Morgan fingerprint density at radius 3 is 2.10 bits per heavy atom. The van der Waals surface area contributed by atoms with Crippen LogP contribution >= 0.6 is 15.9 Å². The second-order valence-electron chi connectivity index (χ2n) is 4.47. The SMILES string of the molecule is C/C(=N/S(=O)(=O)c1ccc(C)cc1)c1ccc(Br)cc1. The van der Waals surface area contributed by atoms with Gasteiger partial charge in [-0.2, -0.15) is 12.8 Å². The minimum Gasteiger partial charge on any atom is -0.199 e. The third-order valence-corrected chi connectivity index (χ3v) is 4.75. The van der Waals surface area contributed by atoms with Crippen molar-refractivity contribution in [3.8, 4) is 0 Å². The van der Waals surface area contributed by atoms with Gasteiger partial charge in [0.2, 0.25) is 0 Å². The van der Waals surface area contributed by atoms with Crippen molar-refractivity contribution in [3.63, 3.8) is 0 Å². The zero-order valence-electron chi connectivity index (χ0n) is 11.2. The lowest BCUT2D eigenvalue weighted by Crippen LogP contribution is -2.03. The predicted molar refractivity (Wildman–Crippen MR) is 84.7 cm³/mol. The molecule has 0 radical (unpaired) electrons. The number of sulfonamides is 1. The molecule has 5 heteroatoms. The number of rotatable bonds is 3. The van der Waals surface area contributed by atoms with Crippen molar-refractivity contribution in [2.24, 2.45) is 4.40 Å². The molecule has 0 heterocycles. The number of aryl methyl sites for hydroxylation is 1. The predicted octanol–water partition coefficient (Wildman–Crippen LogP) is 3.96. The molecule has 0 bridgehead atoms. The van der Waals surface area contributed by atoms with Crippen molar-refractivity contribution in [1.82, 2.24) is 0 Å². The van der Waals surface area contributed by atoms with Crippen molar-refractivity contribution in [1.29, 1.82) is 0 Å². The summed E-state index contributed by atoms with van der Waals surface area (Å²) in [7, 11) is -3.66. The van der Waals surface area contributed by atoms with Crippen LogP contribution in [-0.2, 0) is 10.0 Å². The Morgan fingerprint density at radius 1 is 1.00 bits per heavy atom. The Morgan fingerprint density at radius 2 is 1.55 bits per heavy atom. The maximum atomic E-state index is 12.2. The van der Waals surface area contributed by atoms with Crippen LogP contribution in [0, 0.1) is 6.92 Å². The van der Waals surface area contributed by atoms with E-state index in [4.69, 9.17) is 0 Å². The second kappa shape index (κ2) is 5.89. The van der Waals surface area contributed by atoms with Crippen molar-refractivity contribution in [3.05, 3.63) is 64.1 Å².